The Bertz CT molecular complexity index is 657. The molecule has 3 atom stereocenters. The molecule has 3 unspecified atom stereocenters. The molecule has 0 spiro atoms. The van der Waals surface area contributed by atoms with Crippen molar-refractivity contribution in [2.75, 3.05) is 32.8 Å². The van der Waals surface area contributed by atoms with E-state index in [1.807, 2.05) is 11.0 Å². The molecule has 2 amide bonds. The van der Waals surface area contributed by atoms with Crippen LogP contribution in [0.3, 0.4) is 0 Å². The first kappa shape index (κ1) is 28.3. The lowest BCUT2D eigenvalue weighted by Gasteiger charge is -2.34. The van der Waals surface area contributed by atoms with Gasteiger partial charge < -0.3 is 19.6 Å². The first-order valence-electron chi connectivity index (χ1n) is 13.5. The standard InChI is InChI=1S/C27H46N2O5/c1-3-5-8-11-23(30)16-14-22-15-17-25(31)24(22)12-9-6-7-10-13-26(32)28-18-20-29(21-19-28)27(33)34-4-2/h14,16,22-24,30H,3-13,15,17-21H2,1-2H3. The smallest absolute Gasteiger partial charge is 0.409 e. The molecule has 0 aromatic heterocycles. The van der Waals surface area contributed by atoms with E-state index in [0.29, 0.717) is 51.4 Å². The van der Waals surface area contributed by atoms with Gasteiger partial charge in [0.05, 0.1) is 12.7 Å². The van der Waals surface area contributed by atoms with Gasteiger partial charge in [-0.3, -0.25) is 9.59 Å². The third-order valence-corrected chi connectivity index (χ3v) is 7.15. The molecule has 1 saturated carbocycles. The van der Waals surface area contributed by atoms with Crippen molar-refractivity contribution in [3.05, 3.63) is 12.2 Å². The minimum atomic E-state index is -0.395. The number of hydrogen-bond donors (Lipinski definition) is 1. The van der Waals surface area contributed by atoms with Crippen LogP contribution in [0.25, 0.3) is 0 Å². The van der Waals surface area contributed by atoms with Gasteiger partial charge in [-0.15, -0.1) is 0 Å². The number of amides is 2. The van der Waals surface area contributed by atoms with Crippen molar-refractivity contribution in [3.8, 4) is 0 Å². The zero-order valence-corrected chi connectivity index (χ0v) is 21.4. The van der Waals surface area contributed by atoms with Crippen molar-refractivity contribution < 1.29 is 24.2 Å². The van der Waals surface area contributed by atoms with Crippen molar-refractivity contribution in [1.29, 1.82) is 0 Å². The van der Waals surface area contributed by atoms with Crippen molar-refractivity contribution in [2.24, 2.45) is 11.8 Å². The fourth-order valence-corrected chi connectivity index (χ4v) is 5.02. The van der Waals surface area contributed by atoms with Crippen LogP contribution in [0.2, 0.25) is 0 Å². The molecular formula is C27H46N2O5. The number of carbonyl (C=O) groups is 3. The SMILES string of the molecule is CCCCCC(O)C=CC1CCC(=O)C1CCCCCCC(=O)N1CCN(C(=O)OCC)CC1. The Morgan fingerprint density at radius 3 is 2.44 bits per heavy atom. The van der Waals surface area contributed by atoms with Gasteiger partial charge in [-0.05, 0) is 38.5 Å². The van der Waals surface area contributed by atoms with Crippen LogP contribution in [-0.4, -0.2) is 71.6 Å². The number of aliphatic hydroxyl groups excluding tert-OH is 1. The summed E-state index contributed by atoms with van der Waals surface area (Å²) in [4.78, 5) is 40.1. The summed E-state index contributed by atoms with van der Waals surface area (Å²) in [6.07, 6.45) is 14.4. The summed E-state index contributed by atoms with van der Waals surface area (Å²) >= 11 is 0. The number of ketones is 1. The number of piperazine rings is 1. The van der Waals surface area contributed by atoms with Crippen molar-refractivity contribution >= 4 is 17.8 Å². The zero-order chi connectivity index (χ0) is 24.8. The molecule has 1 N–H and O–H groups in total. The molecular weight excluding hydrogens is 432 g/mol. The van der Waals surface area contributed by atoms with Gasteiger partial charge in [0.15, 0.2) is 0 Å². The fourth-order valence-electron chi connectivity index (χ4n) is 5.02. The molecule has 0 radical (unpaired) electrons. The maximum atomic E-state index is 12.5. The van der Waals surface area contributed by atoms with Crippen molar-refractivity contribution in [2.45, 2.75) is 97.0 Å². The maximum Gasteiger partial charge on any atom is 0.409 e. The second kappa shape index (κ2) is 15.9. The number of carbonyl (C=O) groups excluding carboxylic acids is 3. The number of aliphatic hydroxyl groups is 1. The number of allylic oxidation sites excluding steroid dienone is 1. The molecule has 1 saturated heterocycles. The van der Waals surface area contributed by atoms with Crippen LogP contribution < -0.4 is 0 Å². The molecule has 0 aromatic rings. The second-order valence-electron chi connectivity index (χ2n) is 9.74. The molecule has 1 aliphatic heterocycles. The van der Waals surface area contributed by atoms with E-state index in [1.54, 1.807) is 11.8 Å². The van der Waals surface area contributed by atoms with Gasteiger partial charge in [-0.1, -0.05) is 57.6 Å². The highest BCUT2D eigenvalue weighted by Crippen LogP contribution is 2.34. The molecule has 34 heavy (non-hydrogen) atoms. The second-order valence-corrected chi connectivity index (χ2v) is 9.74. The molecule has 2 fully saturated rings. The van der Waals surface area contributed by atoms with Crippen LogP contribution in [0, 0.1) is 11.8 Å². The molecule has 7 heteroatoms. The van der Waals surface area contributed by atoms with Gasteiger partial charge >= 0.3 is 6.09 Å². The van der Waals surface area contributed by atoms with Crippen LogP contribution in [0.4, 0.5) is 4.79 Å². The Hall–Kier alpha value is -1.89. The third-order valence-electron chi connectivity index (χ3n) is 7.15. The van der Waals surface area contributed by atoms with Gasteiger partial charge in [-0.25, -0.2) is 4.79 Å². The van der Waals surface area contributed by atoms with E-state index in [1.165, 1.54) is 0 Å². The van der Waals surface area contributed by atoms with E-state index in [9.17, 15) is 19.5 Å². The normalized spacial score (nSPS) is 21.9. The number of unbranched alkanes of at least 4 members (excludes halogenated alkanes) is 5. The first-order valence-corrected chi connectivity index (χ1v) is 13.5. The van der Waals surface area contributed by atoms with E-state index in [0.717, 1.165) is 64.2 Å². The Balaban J connectivity index is 1.58. The molecule has 0 bridgehead atoms. The van der Waals surface area contributed by atoms with Crippen LogP contribution in [0.15, 0.2) is 12.2 Å². The van der Waals surface area contributed by atoms with Crippen LogP contribution in [0.5, 0.6) is 0 Å². The summed E-state index contributed by atoms with van der Waals surface area (Å²) in [5, 5.41) is 10.1. The minimum Gasteiger partial charge on any atom is -0.450 e. The maximum absolute atomic E-state index is 12.5. The summed E-state index contributed by atoms with van der Waals surface area (Å²) < 4.78 is 5.02. The first-order chi connectivity index (χ1) is 16.5. The van der Waals surface area contributed by atoms with Crippen molar-refractivity contribution in [1.82, 2.24) is 9.80 Å². The van der Waals surface area contributed by atoms with E-state index < -0.39 is 6.10 Å². The number of rotatable bonds is 14. The van der Waals surface area contributed by atoms with Crippen LogP contribution in [-0.2, 0) is 14.3 Å². The fraction of sp³-hybridized carbons (Fsp3) is 0.815. The molecule has 2 aliphatic rings. The Labute approximate surface area is 205 Å². The average Bonchev–Trinajstić information content (AvgIpc) is 3.19. The van der Waals surface area contributed by atoms with E-state index in [2.05, 4.69) is 13.0 Å². The highest BCUT2D eigenvalue weighted by molar-refractivity contribution is 5.83. The Morgan fingerprint density at radius 1 is 1.03 bits per heavy atom. The molecule has 1 aliphatic carbocycles. The molecule has 194 valence electrons. The van der Waals surface area contributed by atoms with Gasteiger partial charge in [0.25, 0.3) is 0 Å². The topological polar surface area (TPSA) is 87.2 Å². The number of hydrogen-bond acceptors (Lipinski definition) is 5. The van der Waals surface area contributed by atoms with Crippen molar-refractivity contribution in [3.63, 3.8) is 0 Å². The number of nitrogens with zero attached hydrogens (tertiary/aromatic N) is 2. The lowest BCUT2D eigenvalue weighted by Crippen LogP contribution is -2.50. The quantitative estimate of drug-likeness (QED) is 0.288. The predicted octanol–water partition coefficient (Wildman–Crippen LogP) is 4.72. The van der Waals surface area contributed by atoms with E-state index in [4.69, 9.17) is 4.74 Å². The van der Waals surface area contributed by atoms with Crippen LogP contribution in [0.1, 0.15) is 90.9 Å². The lowest BCUT2D eigenvalue weighted by atomic mass is 9.89. The summed E-state index contributed by atoms with van der Waals surface area (Å²) in [5.41, 5.74) is 0. The molecule has 2 rings (SSSR count). The monoisotopic (exact) mass is 478 g/mol. The summed E-state index contributed by atoms with van der Waals surface area (Å²) in [6.45, 7) is 6.53. The zero-order valence-electron chi connectivity index (χ0n) is 21.4. The van der Waals surface area contributed by atoms with Gasteiger partial charge in [0, 0.05) is 44.9 Å². The molecule has 7 nitrogen and oxygen atoms in total. The Morgan fingerprint density at radius 2 is 1.74 bits per heavy atom. The highest BCUT2D eigenvalue weighted by Gasteiger charge is 2.32. The van der Waals surface area contributed by atoms with E-state index >= 15 is 0 Å². The van der Waals surface area contributed by atoms with Gasteiger partial charge in [0.1, 0.15) is 5.78 Å². The average molecular weight is 479 g/mol. The summed E-state index contributed by atoms with van der Waals surface area (Å²) in [6, 6.07) is 0. The number of ether oxygens (including phenoxy) is 1. The minimum absolute atomic E-state index is 0.0939. The van der Waals surface area contributed by atoms with Crippen LogP contribution >= 0.6 is 0 Å². The van der Waals surface area contributed by atoms with E-state index in [-0.39, 0.29) is 23.8 Å². The van der Waals surface area contributed by atoms with Gasteiger partial charge in [0.2, 0.25) is 5.91 Å². The predicted molar refractivity (Wildman–Crippen MR) is 133 cm³/mol. The summed E-state index contributed by atoms with van der Waals surface area (Å²) in [5.74, 6) is 0.893. The largest absolute Gasteiger partial charge is 0.450 e. The lowest BCUT2D eigenvalue weighted by molar-refractivity contribution is -0.132. The molecule has 0 aromatic carbocycles. The summed E-state index contributed by atoms with van der Waals surface area (Å²) in [7, 11) is 0. The Kier molecular flexibility index (Phi) is 13.3. The van der Waals surface area contributed by atoms with Gasteiger partial charge in [-0.2, -0.15) is 0 Å². The third kappa shape index (κ3) is 9.77. The number of Topliss-reactive ketones (excluding diaryl/α,β-unsaturated/α-hetero) is 1. The highest BCUT2D eigenvalue weighted by atomic mass is 16.6. The molecule has 1 heterocycles.